The predicted octanol–water partition coefficient (Wildman–Crippen LogP) is 3.07. The van der Waals surface area contributed by atoms with Crippen molar-refractivity contribution in [3.8, 4) is 16.9 Å². The van der Waals surface area contributed by atoms with Gasteiger partial charge >= 0.3 is 11.3 Å². The molecule has 0 fully saturated rings. The molecule has 0 saturated carbocycles. The van der Waals surface area contributed by atoms with Crippen molar-refractivity contribution in [3.63, 3.8) is 0 Å². The first-order chi connectivity index (χ1) is 10.1. The number of fused-ring (bicyclic) bond motifs is 1. The smallest absolute Gasteiger partial charge is 0.415 e. The normalized spacial score (nSPS) is 10.7. The molecular formula is C15H9NO5. The van der Waals surface area contributed by atoms with Crippen LogP contribution in [0.4, 0.5) is 5.69 Å². The minimum Gasteiger partial charge on any atom is -0.508 e. The van der Waals surface area contributed by atoms with Crippen LogP contribution in [-0.2, 0) is 0 Å². The van der Waals surface area contributed by atoms with E-state index in [0.717, 1.165) is 0 Å². The lowest BCUT2D eigenvalue weighted by molar-refractivity contribution is -0.386. The monoisotopic (exact) mass is 283 g/mol. The van der Waals surface area contributed by atoms with Crippen LogP contribution >= 0.6 is 0 Å². The molecule has 0 spiro atoms. The van der Waals surface area contributed by atoms with E-state index in [1.54, 1.807) is 30.3 Å². The Hall–Kier alpha value is -3.15. The Morgan fingerprint density at radius 3 is 2.48 bits per heavy atom. The lowest BCUT2D eigenvalue weighted by Crippen LogP contribution is -2.09. The van der Waals surface area contributed by atoms with Gasteiger partial charge in [-0.25, -0.2) is 4.79 Å². The van der Waals surface area contributed by atoms with Gasteiger partial charge in [0.15, 0.2) is 0 Å². The van der Waals surface area contributed by atoms with Crippen molar-refractivity contribution >= 4 is 16.7 Å². The second kappa shape index (κ2) is 4.75. The van der Waals surface area contributed by atoms with Gasteiger partial charge in [-0.15, -0.1) is 0 Å². The van der Waals surface area contributed by atoms with Crippen LogP contribution in [0.2, 0.25) is 0 Å². The van der Waals surface area contributed by atoms with Crippen molar-refractivity contribution in [1.82, 2.24) is 0 Å². The minimum atomic E-state index is -1.04. The van der Waals surface area contributed by atoms with Gasteiger partial charge in [0.2, 0.25) is 0 Å². The summed E-state index contributed by atoms with van der Waals surface area (Å²) in [5.41, 5.74) is -0.833. The lowest BCUT2D eigenvalue weighted by atomic mass is 10.0. The molecule has 104 valence electrons. The first kappa shape index (κ1) is 12.9. The summed E-state index contributed by atoms with van der Waals surface area (Å²) in [6.07, 6.45) is 0. The number of hydrogen-bond donors (Lipinski definition) is 1. The predicted molar refractivity (Wildman–Crippen MR) is 76.2 cm³/mol. The van der Waals surface area contributed by atoms with Gasteiger partial charge in [0.1, 0.15) is 11.3 Å². The fraction of sp³-hybridized carbons (Fsp3) is 0. The van der Waals surface area contributed by atoms with Crippen LogP contribution in [0.5, 0.6) is 5.75 Å². The minimum absolute atomic E-state index is 0.0847. The molecule has 1 heterocycles. The van der Waals surface area contributed by atoms with E-state index in [-0.39, 0.29) is 16.9 Å². The quantitative estimate of drug-likeness (QED) is 0.443. The number of benzene rings is 2. The maximum atomic E-state index is 11.9. The van der Waals surface area contributed by atoms with Crippen LogP contribution < -0.4 is 5.63 Å². The molecule has 0 bridgehead atoms. The Kier molecular flexibility index (Phi) is 2.91. The molecule has 3 aromatic rings. The number of aromatic hydroxyl groups is 1. The summed E-state index contributed by atoms with van der Waals surface area (Å²) in [7, 11) is 0. The third-order valence-corrected chi connectivity index (χ3v) is 3.11. The molecule has 6 heteroatoms. The molecule has 3 rings (SSSR count). The first-order valence-corrected chi connectivity index (χ1v) is 6.07. The van der Waals surface area contributed by atoms with Crippen LogP contribution in [0.3, 0.4) is 0 Å². The van der Waals surface area contributed by atoms with Crippen LogP contribution in [-0.4, -0.2) is 10.0 Å². The molecule has 2 aromatic carbocycles. The van der Waals surface area contributed by atoms with E-state index in [1.807, 2.05) is 0 Å². The molecule has 0 aliphatic rings. The summed E-state index contributed by atoms with van der Waals surface area (Å²) in [6.45, 7) is 0. The van der Waals surface area contributed by atoms with E-state index in [0.29, 0.717) is 10.9 Å². The molecule has 0 saturated heterocycles. The maximum absolute atomic E-state index is 11.9. The highest BCUT2D eigenvalue weighted by Crippen LogP contribution is 2.35. The summed E-state index contributed by atoms with van der Waals surface area (Å²) in [4.78, 5) is 22.4. The molecule has 1 N–H and O–H groups in total. The first-order valence-electron chi connectivity index (χ1n) is 6.07. The van der Waals surface area contributed by atoms with Crippen LogP contribution in [0.25, 0.3) is 22.1 Å². The average Bonchev–Trinajstić information content (AvgIpc) is 2.46. The van der Waals surface area contributed by atoms with Crippen molar-refractivity contribution in [2.75, 3.05) is 0 Å². The number of phenolic OH excluding ortho intramolecular Hbond substituents is 1. The summed E-state index contributed by atoms with van der Waals surface area (Å²) in [5.74, 6) is -0.0847. The zero-order valence-corrected chi connectivity index (χ0v) is 10.6. The molecule has 21 heavy (non-hydrogen) atoms. The van der Waals surface area contributed by atoms with Gasteiger partial charge in [0.25, 0.3) is 0 Å². The highest BCUT2D eigenvalue weighted by atomic mass is 16.6. The molecule has 0 aliphatic heterocycles. The van der Waals surface area contributed by atoms with Crippen LogP contribution in [0.15, 0.2) is 57.7 Å². The molecule has 6 nitrogen and oxygen atoms in total. The zero-order chi connectivity index (χ0) is 15.0. The molecule has 1 aromatic heterocycles. The molecular weight excluding hydrogens is 274 g/mol. The van der Waals surface area contributed by atoms with Gasteiger partial charge in [-0.2, -0.15) is 0 Å². The lowest BCUT2D eigenvalue weighted by Gasteiger charge is -2.06. The maximum Gasteiger partial charge on any atom is 0.415 e. The third-order valence-electron chi connectivity index (χ3n) is 3.11. The highest BCUT2D eigenvalue weighted by Gasteiger charge is 2.25. The third kappa shape index (κ3) is 2.12. The molecule has 0 atom stereocenters. The second-order valence-electron chi connectivity index (χ2n) is 4.42. The van der Waals surface area contributed by atoms with E-state index < -0.39 is 16.2 Å². The van der Waals surface area contributed by atoms with E-state index in [9.17, 15) is 20.0 Å². The number of hydrogen-bond acceptors (Lipinski definition) is 5. The van der Waals surface area contributed by atoms with Gasteiger partial charge in [-0.05, 0) is 17.7 Å². The number of phenols is 1. The van der Waals surface area contributed by atoms with Crippen molar-refractivity contribution in [2.45, 2.75) is 0 Å². The fourth-order valence-electron chi connectivity index (χ4n) is 2.24. The highest BCUT2D eigenvalue weighted by molar-refractivity contribution is 5.98. The molecule has 0 radical (unpaired) electrons. The van der Waals surface area contributed by atoms with Crippen molar-refractivity contribution in [2.24, 2.45) is 0 Å². The van der Waals surface area contributed by atoms with Crippen LogP contribution in [0.1, 0.15) is 0 Å². The van der Waals surface area contributed by atoms with E-state index in [2.05, 4.69) is 0 Å². The van der Waals surface area contributed by atoms with Crippen molar-refractivity contribution in [1.29, 1.82) is 0 Å². The summed E-state index contributed by atoms with van der Waals surface area (Å²) in [6, 6.07) is 12.7. The van der Waals surface area contributed by atoms with E-state index >= 15 is 0 Å². The van der Waals surface area contributed by atoms with Crippen molar-refractivity contribution in [3.05, 3.63) is 69.1 Å². The Labute approximate surface area is 118 Å². The van der Waals surface area contributed by atoms with E-state index in [4.69, 9.17) is 4.42 Å². The van der Waals surface area contributed by atoms with E-state index in [1.165, 1.54) is 18.2 Å². The molecule has 0 unspecified atom stereocenters. The summed E-state index contributed by atoms with van der Waals surface area (Å²) < 4.78 is 4.94. The van der Waals surface area contributed by atoms with Gasteiger partial charge in [-0.1, -0.05) is 30.3 Å². The topological polar surface area (TPSA) is 93.6 Å². The van der Waals surface area contributed by atoms with Gasteiger partial charge in [-0.3, -0.25) is 10.1 Å². The van der Waals surface area contributed by atoms with Gasteiger partial charge in [0.05, 0.1) is 10.5 Å². The largest absolute Gasteiger partial charge is 0.508 e. The Morgan fingerprint density at radius 2 is 1.81 bits per heavy atom. The molecule has 0 aliphatic carbocycles. The fourth-order valence-corrected chi connectivity index (χ4v) is 2.24. The van der Waals surface area contributed by atoms with Gasteiger partial charge < -0.3 is 9.52 Å². The van der Waals surface area contributed by atoms with Crippen LogP contribution in [0, 0.1) is 10.1 Å². The average molecular weight is 283 g/mol. The zero-order valence-electron chi connectivity index (χ0n) is 10.6. The summed E-state index contributed by atoms with van der Waals surface area (Å²) in [5, 5.41) is 21.1. The second-order valence-corrected chi connectivity index (χ2v) is 4.42. The SMILES string of the molecule is O=c1oc2cc(O)ccc2c(-c2ccccc2)c1[N+](=O)[O-]. The van der Waals surface area contributed by atoms with Crippen molar-refractivity contribution < 1.29 is 14.4 Å². The number of rotatable bonds is 2. The summed E-state index contributed by atoms with van der Waals surface area (Å²) >= 11 is 0. The standard InChI is InChI=1S/C15H9NO5/c17-10-6-7-11-12(8-10)21-15(18)14(16(19)20)13(11)9-4-2-1-3-5-9/h1-8,17H. The number of nitrogens with zero attached hydrogens (tertiary/aromatic N) is 1. The Balaban J connectivity index is 2.51. The number of nitro groups is 1. The van der Waals surface area contributed by atoms with Gasteiger partial charge in [0, 0.05) is 11.5 Å². The Bertz CT molecular complexity index is 899. The Morgan fingerprint density at radius 1 is 1.10 bits per heavy atom. The molecule has 0 amide bonds.